The lowest BCUT2D eigenvalue weighted by Crippen LogP contribution is -2.36. The van der Waals surface area contributed by atoms with Gasteiger partial charge in [-0.15, -0.1) is 0 Å². The number of morpholine rings is 1. The summed E-state index contributed by atoms with van der Waals surface area (Å²) in [5.41, 5.74) is 1.79. The molecule has 2 saturated heterocycles. The summed E-state index contributed by atoms with van der Waals surface area (Å²) in [6, 6.07) is 12.1. The first kappa shape index (κ1) is 28.2. The van der Waals surface area contributed by atoms with Gasteiger partial charge in [-0.25, -0.2) is 9.18 Å². The van der Waals surface area contributed by atoms with Crippen LogP contribution in [0.5, 0.6) is 0 Å². The lowest BCUT2D eigenvalue weighted by molar-refractivity contribution is 0.122. The smallest absolute Gasteiger partial charge is 0.414 e. The highest BCUT2D eigenvalue weighted by molar-refractivity contribution is 8.23. The van der Waals surface area contributed by atoms with Gasteiger partial charge in [0, 0.05) is 26.8 Å². The van der Waals surface area contributed by atoms with Crippen LogP contribution in [0.25, 0.3) is 0 Å². The predicted molar refractivity (Wildman–Crippen MR) is 149 cm³/mol. The molecule has 0 saturated carbocycles. The largest absolute Gasteiger partial charge is 0.442 e. The van der Waals surface area contributed by atoms with Gasteiger partial charge >= 0.3 is 6.09 Å². The number of halogens is 1. The quantitative estimate of drug-likeness (QED) is 0.229. The Morgan fingerprint density at radius 3 is 2.65 bits per heavy atom. The Bertz CT molecular complexity index is 1140. The average molecular weight is 588 g/mol. The molecular weight excluding hydrogens is 559 g/mol. The summed E-state index contributed by atoms with van der Waals surface area (Å²) < 4.78 is 37.3. The number of nitrogens with one attached hydrogen (secondary N) is 1. The van der Waals surface area contributed by atoms with Crippen molar-refractivity contribution in [1.29, 1.82) is 0 Å². The van der Waals surface area contributed by atoms with E-state index in [9.17, 15) is 23.5 Å². The van der Waals surface area contributed by atoms with E-state index in [0.717, 1.165) is 10.5 Å². The van der Waals surface area contributed by atoms with Gasteiger partial charge in [0.1, 0.15) is 16.2 Å². The number of ether oxygens (including phenoxy) is 2. The summed E-state index contributed by atoms with van der Waals surface area (Å²) in [6.45, 7) is 2.93. The Labute approximate surface area is 226 Å². The lowest BCUT2D eigenvalue weighted by Gasteiger charge is -2.29. The number of cyclic esters (lactones) is 1. The van der Waals surface area contributed by atoms with Crippen LogP contribution in [-0.2, 0) is 20.5 Å². The molecule has 2 aliphatic heterocycles. The minimum absolute atomic E-state index is 0.269. The first-order valence-electron chi connectivity index (χ1n) is 11.6. The molecule has 200 valence electrons. The molecule has 0 spiro atoms. The predicted octanol–water partition coefficient (Wildman–Crippen LogP) is 3.58. The number of hydrogen-bond acceptors (Lipinski definition) is 8. The number of benzene rings is 2. The molecule has 37 heavy (non-hydrogen) atoms. The van der Waals surface area contributed by atoms with Crippen molar-refractivity contribution in [2.45, 2.75) is 22.8 Å². The highest BCUT2D eigenvalue weighted by Gasteiger charge is 2.33. The van der Waals surface area contributed by atoms with E-state index in [4.69, 9.17) is 21.7 Å². The van der Waals surface area contributed by atoms with Crippen LogP contribution in [0.3, 0.4) is 0 Å². The highest BCUT2D eigenvalue weighted by atomic mass is 32.2. The zero-order chi connectivity index (χ0) is 26.4. The van der Waals surface area contributed by atoms with Crippen LogP contribution in [0.2, 0.25) is 0 Å². The Balaban J connectivity index is 1.26. The minimum Gasteiger partial charge on any atom is -0.442 e. The monoisotopic (exact) mass is 587 g/mol. The van der Waals surface area contributed by atoms with Crippen molar-refractivity contribution in [3.63, 3.8) is 0 Å². The van der Waals surface area contributed by atoms with Crippen molar-refractivity contribution in [3.8, 4) is 0 Å². The fourth-order valence-corrected chi connectivity index (χ4v) is 6.21. The van der Waals surface area contributed by atoms with Crippen molar-refractivity contribution in [2.75, 3.05) is 49.2 Å². The fraction of sp³-hybridized carbons (Fsp3) is 0.391. The van der Waals surface area contributed by atoms with Gasteiger partial charge in [0.2, 0.25) is 0 Å². The van der Waals surface area contributed by atoms with E-state index in [1.54, 1.807) is 12.1 Å². The van der Waals surface area contributed by atoms with E-state index in [1.807, 2.05) is 29.2 Å². The number of nitrogens with zero attached hydrogens (tertiary/aromatic N) is 2. The summed E-state index contributed by atoms with van der Waals surface area (Å²) in [5, 5.41) is 2.47. The van der Waals surface area contributed by atoms with E-state index in [-0.39, 0.29) is 6.54 Å². The summed E-state index contributed by atoms with van der Waals surface area (Å²) in [7, 11) is -3.37. The Morgan fingerprint density at radius 1 is 1.27 bits per heavy atom. The van der Waals surface area contributed by atoms with Gasteiger partial charge in [0.25, 0.3) is 0 Å². The van der Waals surface area contributed by atoms with Crippen LogP contribution in [0, 0.1) is 5.82 Å². The second-order valence-corrected chi connectivity index (χ2v) is 13.1. The van der Waals surface area contributed by atoms with Gasteiger partial charge in [-0.05, 0) is 42.3 Å². The van der Waals surface area contributed by atoms with Crippen LogP contribution in [0.15, 0.2) is 47.4 Å². The molecule has 9 nitrogen and oxygen atoms in total. The molecule has 1 amide bonds. The molecule has 2 fully saturated rings. The number of amides is 1. The maximum atomic E-state index is 14.8. The fourth-order valence-electron chi connectivity index (χ4n) is 4.02. The Hall–Kier alpha value is -1.78. The number of thioether (sulfide) groups is 1. The first-order valence-corrected chi connectivity index (χ1v) is 15.3. The normalized spacial score (nSPS) is 19.8. The van der Waals surface area contributed by atoms with Crippen LogP contribution >= 0.6 is 40.8 Å². The number of thiocarbonyl (C=S) groups is 1. The molecule has 2 aliphatic rings. The standard InChI is InChI=1S/C23H28FN3O6P2S2/c24-19-12-16(3-6-20(19)26-7-9-32-10-8-26)27-14-17(33-23(27)28)13-25-22(36)37-18-4-1-15(2-5-18)11-21(34-29)35(30)31/h1-6,12,17,21,29,34-35H,7-11,13-14H2,(H,25,36)(H,30,31)/t17-,21?/m0/s1. The highest BCUT2D eigenvalue weighted by Crippen LogP contribution is 2.37. The number of carbonyl (C=O) groups excluding carboxylic acids is 1. The Morgan fingerprint density at radius 2 is 2.00 bits per heavy atom. The summed E-state index contributed by atoms with van der Waals surface area (Å²) in [5.74, 6) is -0.393. The van der Waals surface area contributed by atoms with Gasteiger partial charge < -0.3 is 29.5 Å². The molecule has 3 N–H and O–H groups in total. The van der Waals surface area contributed by atoms with Crippen LogP contribution < -0.4 is 15.1 Å². The van der Waals surface area contributed by atoms with E-state index < -0.39 is 40.3 Å². The van der Waals surface area contributed by atoms with E-state index in [2.05, 4.69) is 5.32 Å². The van der Waals surface area contributed by atoms with Crippen molar-refractivity contribution >= 4 is 62.6 Å². The third-order valence-corrected chi connectivity index (χ3v) is 9.65. The second kappa shape index (κ2) is 13.3. The molecule has 0 radical (unpaired) electrons. The summed E-state index contributed by atoms with van der Waals surface area (Å²) in [4.78, 5) is 35.2. The third kappa shape index (κ3) is 7.63. The van der Waals surface area contributed by atoms with Gasteiger partial charge in [0.05, 0.1) is 43.1 Å². The molecule has 0 aliphatic carbocycles. The van der Waals surface area contributed by atoms with Gasteiger partial charge in [-0.2, -0.15) is 0 Å². The molecule has 4 rings (SSSR count). The first-order chi connectivity index (χ1) is 17.8. The molecular formula is C23H28FN3O6P2S2. The number of anilines is 2. The summed E-state index contributed by atoms with van der Waals surface area (Å²) in [6.07, 6.45) is -0.653. The number of carbonyl (C=O) groups is 1. The van der Waals surface area contributed by atoms with Crippen molar-refractivity contribution < 1.29 is 33.0 Å². The molecule has 14 heteroatoms. The molecule has 2 aromatic rings. The molecule has 2 aromatic carbocycles. The molecule has 3 unspecified atom stereocenters. The zero-order valence-electron chi connectivity index (χ0n) is 19.8. The topological polar surface area (TPSA) is 112 Å². The molecule has 2 heterocycles. The minimum atomic E-state index is -2.79. The number of hydrogen-bond donors (Lipinski definition) is 3. The van der Waals surface area contributed by atoms with Crippen LogP contribution in [-0.4, -0.2) is 71.1 Å². The van der Waals surface area contributed by atoms with Gasteiger partial charge in [-0.3, -0.25) is 9.46 Å². The van der Waals surface area contributed by atoms with E-state index >= 15 is 0 Å². The summed E-state index contributed by atoms with van der Waals surface area (Å²) >= 11 is 6.74. The van der Waals surface area contributed by atoms with Crippen molar-refractivity contribution in [1.82, 2.24) is 5.32 Å². The lowest BCUT2D eigenvalue weighted by atomic mass is 10.2. The van der Waals surface area contributed by atoms with Gasteiger partial charge in [-0.1, -0.05) is 36.1 Å². The van der Waals surface area contributed by atoms with Crippen molar-refractivity contribution in [3.05, 3.63) is 53.8 Å². The van der Waals surface area contributed by atoms with Crippen molar-refractivity contribution in [2.24, 2.45) is 0 Å². The van der Waals surface area contributed by atoms with Crippen LogP contribution in [0.4, 0.5) is 20.6 Å². The van der Waals surface area contributed by atoms with E-state index in [0.29, 0.717) is 55.0 Å². The maximum absolute atomic E-state index is 14.8. The van der Waals surface area contributed by atoms with E-state index in [1.165, 1.54) is 22.7 Å². The number of rotatable bonds is 9. The maximum Gasteiger partial charge on any atom is 0.414 e. The average Bonchev–Trinajstić information content (AvgIpc) is 3.27. The third-order valence-electron chi connectivity index (χ3n) is 5.97. The second-order valence-electron chi connectivity index (χ2n) is 8.49. The molecule has 4 atom stereocenters. The zero-order valence-corrected chi connectivity index (χ0v) is 23.4. The molecule has 0 aromatic heterocycles. The SMILES string of the molecule is O=C1O[C@@H](CNC(=S)Sc2ccc(CC(PO)[PH](=O)O)cc2)CN1c1ccc(N2CCOCC2)c(F)c1. The Kier molecular flexibility index (Phi) is 10.2. The molecule has 0 bridgehead atoms. The van der Waals surface area contributed by atoms with Crippen LogP contribution in [0.1, 0.15) is 5.56 Å². The van der Waals surface area contributed by atoms with Gasteiger partial charge in [0.15, 0.2) is 8.03 Å².